The molecule has 0 bridgehead atoms. The Labute approximate surface area is 195 Å². The fraction of sp³-hybridized carbons (Fsp3) is 0.0769. The first-order valence-electron chi connectivity index (χ1n) is 10.2. The van der Waals surface area contributed by atoms with E-state index < -0.39 is 0 Å². The minimum absolute atomic E-state index is 0.686. The summed E-state index contributed by atoms with van der Waals surface area (Å²) in [6.07, 6.45) is 0. The van der Waals surface area contributed by atoms with Gasteiger partial charge in [0.25, 0.3) is 0 Å². The molecule has 158 valence electrons. The number of halogens is 1. The summed E-state index contributed by atoms with van der Waals surface area (Å²) in [4.78, 5) is 0. The maximum Gasteiger partial charge on any atom is 0.196 e. The Hall–Kier alpha value is -3.28. The van der Waals surface area contributed by atoms with E-state index in [2.05, 4.69) is 57.2 Å². The van der Waals surface area contributed by atoms with Gasteiger partial charge in [0.1, 0.15) is 5.75 Å². The minimum atomic E-state index is 0.686. The van der Waals surface area contributed by atoms with Gasteiger partial charge in [-0.3, -0.25) is 4.57 Å². The van der Waals surface area contributed by atoms with Crippen LogP contribution in [0.25, 0.3) is 27.8 Å². The Balaban J connectivity index is 1.58. The smallest absolute Gasteiger partial charge is 0.196 e. The fourth-order valence-corrected chi connectivity index (χ4v) is 4.83. The SMILES string of the molecule is COc1ccccc1-c1nnc(SCc2cccc3ccccc23)n1-c1ccc(Cl)cc1. The van der Waals surface area contributed by atoms with E-state index in [1.54, 1.807) is 18.9 Å². The van der Waals surface area contributed by atoms with Crippen LogP contribution in [0.4, 0.5) is 0 Å². The summed E-state index contributed by atoms with van der Waals surface area (Å²) in [5.41, 5.74) is 3.09. The lowest BCUT2D eigenvalue weighted by atomic mass is 10.1. The second kappa shape index (κ2) is 9.07. The first kappa shape index (κ1) is 20.6. The zero-order chi connectivity index (χ0) is 21.9. The predicted molar refractivity (Wildman–Crippen MR) is 132 cm³/mol. The lowest BCUT2D eigenvalue weighted by molar-refractivity contribution is 0.416. The lowest BCUT2D eigenvalue weighted by Gasteiger charge is -2.13. The second-order valence-corrected chi connectivity index (χ2v) is 8.62. The van der Waals surface area contributed by atoms with Crippen molar-refractivity contribution in [1.29, 1.82) is 0 Å². The maximum atomic E-state index is 6.15. The quantitative estimate of drug-likeness (QED) is 0.256. The molecule has 0 spiro atoms. The number of nitrogens with zero attached hydrogens (tertiary/aromatic N) is 3. The molecule has 0 saturated carbocycles. The van der Waals surface area contributed by atoms with Crippen molar-refractivity contribution < 1.29 is 4.74 Å². The molecule has 4 aromatic carbocycles. The molecule has 5 aromatic rings. The third kappa shape index (κ3) is 3.97. The molecule has 6 heteroatoms. The summed E-state index contributed by atoms with van der Waals surface area (Å²) < 4.78 is 7.65. The summed E-state index contributed by atoms with van der Waals surface area (Å²) in [5.74, 6) is 2.25. The number of rotatable bonds is 6. The number of ether oxygens (including phenoxy) is 1. The normalized spacial score (nSPS) is 11.1. The van der Waals surface area contributed by atoms with Crippen molar-refractivity contribution in [2.75, 3.05) is 7.11 Å². The Morgan fingerprint density at radius 1 is 0.844 bits per heavy atom. The van der Waals surface area contributed by atoms with Gasteiger partial charge in [-0.25, -0.2) is 0 Å². The molecule has 0 saturated heterocycles. The van der Waals surface area contributed by atoms with E-state index in [1.807, 2.05) is 48.5 Å². The molecule has 0 aliphatic rings. The van der Waals surface area contributed by atoms with Gasteiger partial charge in [-0.15, -0.1) is 10.2 Å². The molecule has 0 radical (unpaired) electrons. The van der Waals surface area contributed by atoms with Gasteiger partial charge in [-0.2, -0.15) is 0 Å². The Kier molecular flexibility index (Phi) is 5.84. The Bertz CT molecular complexity index is 1380. The van der Waals surface area contributed by atoms with Crippen LogP contribution in [0.1, 0.15) is 5.56 Å². The zero-order valence-electron chi connectivity index (χ0n) is 17.4. The van der Waals surface area contributed by atoms with Crippen LogP contribution in [0.15, 0.2) is 96.2 Å². The fourth-order valence-electron chi connectivity index (χ4n) is 3.75. The van der Waals surface area contributed by atoms with E-state index in [1.165, 1.54) is 16.3 Å². The van der Waals surface area contributed by atoms with Crippen molar-refractivity contribution in [2.45, 2.75) is 10.9 Å². The largest absolute Gasteiger partial charge is 0.496 e. The van der Waals surface area contributed by atoms with E-state index in [0.717, 1.165) is 33.7 Å². The first-order valence-corrected chi connectivity index (χ1v) is 11.5. The molecule has 0 aliphatic carbocycles. The van der Waals surface area contributed by atoms with Crippen molar-refractivity contribution >= 4 is 34.1 Å². The number of benzene rings is 4. The molecule has 0 unspecified atom stereocenters. The van der Waals surface area contributed by atoms with Crippen molar-refractivity contribution in [1.82, 2.24) is 14.8 Å². The van der Waals surface area contributed by atoms with E-state index >= 15 is 0 Å². The van der Waals surface area contributed by atoms with Crippen LogP contribution in [-0.4, -0.2) is 21.9 Å². The molecular formula is C26H20ClN3OS. The standard InChI is InChI=1S/C26H20ClN3OS/c1-31-24-12-5-4-11-23(24)25-28-29-26(30(25)21-15-13-20(27)14-16-21)32-17-19-9-6-8-18-7-2-3-10-22(18)19/h2-16H,17H2,1H3. The van der Waals surface area contributed by atoms with Gasteiger partial charge in [-0.05, 0) is 52.7 Å². The Morgan fingerprint density at radius 3 is 2.44 bits per heavy atom. The number of methoxy groups -OCH3 is 1. The highest BCUT2D eigenvalue weighted by atomic mass is 35.5. The lowest BCUT2D eigenvalue weighted by Crippen LogP contribution is -2.01. The third-order valence-electron chi connectivity index (χ3n) is 5.30. The highest BCUT2D eigenvalue weighted by molar-refractivity contribution is 7.98. The average molecular weight is 458 g/mol. The van der Waals surface area contributed by atoms with Gasteiger partial charge in [0.2, 0.25) is 0 Å². The first-order chi connectivity index (χ1) is 15.7. The third-order valence-corrected chi connectivity index (χ3v) is 6.53. The van der Waals surface area contributed by atoms with Crippen molar-refractivity contribution in [3.63, 3.8) is 0 Å². The molecule has 1 heterocycles. The van der Waals surface area contributed by atoms with Gasteiger partial charge < -0.3 is 4.74 Å². The molecule has 0 aliphatic heterocycles. The number of aromatic nitrogens is 3. The highest BCUT2D eigenvalue weighted by Gasteiger charge is 2.19. The molecule has 32 heavy (non-hydrogen) atoms. The summed E-state index contributed by atoms with van der Waals surface area (Å²) in [6, 6.07) is 30.4. The van der Waals surface area contributed by atoms with Crippen LogP contribution in [0, 0.1) is 0 Å². The molecule has 0 fully saturated rings. The van der Waals surface area contributed by atoms with Gasteiger partial charge >= 0.3 is 0 Å². The molecule has 5 rings (SSSR count). The summed E-state index contributed by atoms with van der Waals surface area (Å²) in [5, 5.41) is 13.1. The van der Waals surface area contributed by atoms with E-state index in [4.69, 9.17) is 16.3 Å². The van der Waals surface area contributed by atoms with Gasteiger partial charge in [0.05, 0.1) is 12.7 Å². The molecule has 0 atom stereocenters. The summed E-state index contributed by atoms with van der Waals surface area (Å²) in [7, 11) is 1.66. The van der Waals surface area contributed by atoms with Gasteiger partial charge in [0, 0.05) is 16.5 Å². The Morgan fingerprint density at radius 2 is 1.59 bits per heavy atom. The number of fused-ring (bicyclic) bond motifs is 1. The summed E-state index contributed by atoms with van der Waals surface area (Å²) in [6.45, 7) is 0. The van der Waals surface area contributed by atoms with E-state index in [-0.39, 0.29) is 0 Å². The van der Waals surface area contributed by atoms with Crippen molar-refractivity contribution in [2.24, 2.45) is 0 Å². The minimum Gasteiger partial charge on any atom is -0.496 e. The second-order valence-electron chi connectivity index (χ2n) is 7.25. The molecule has 4 nitrogen and oxygen atoms in total. The highest BCUT2D eigenvalue weighted by Crippen LogP contribution is 2.35. The van der Waals surface area contributed by atoms with Crippen molar-refractivity contribution in [3.8, 4) is 22.8 Å². The average Bonchev–Trinajstić information content (AvgIpc) is 3.27. The number of thioether (sulfide) groups is 1. The van der Waals surface area contributed by atoms with E-state index in [0.29, 0.717) is 5.02 Å². The van der Waals surface area contributed by atoms with E-state index in [9.17, 15) is 0 Å². The molecule has 0 amide bonds. The predicted octanol–water partition coefficient (Wildman–Crippen LogP) is 7.04. The topological polar surface area (TPSA) is 39.9 Å². The van der Waals surface area contributed by atoms with Crippen LogP contribution < -0.4 is 4.74 Å². The van der Waals surface area contributed by atoms with Gasteiger partial charge in [-0.1, -0.05) is 78.0 Å². The number of para-hydroxylation sites is 1. The monoisotopic (exact) mass is 457 g/mol. The number of hydrogen-bond donors (Lipinski definition) is 0. The molecular weight excluding hydrogens is 438 g/mol. The summed E-state index contributed by atoms with van der Waals surface area (Å²) >= 11 is 7.81. The van der Waals surface area contributed by atoms with Crippen LogP contribution in [0.5, 0.6) is 5.75 Å². The zero-order valence-corrected chi connectivity index (χ0v) is 19.0. The van der Waals surface area contributed by atoms with Crippen LogP contribution in [0.2, 0.25) is 5.02 Å². The van der Waals surface area contributed by atoms with Crippen LogP contribution in [-0.2, 0) is 5.75 Å². The van der Waals surface area contributed by atoms with Crippen LogP contribution in [0.3, 0.4) is 0 Å². The molecule has 0 N–H and O–H groups in total. The molecule has 1 aromatic heterocycles. The van der Waals surface area contributed by atoms with Gasteiger partial charge in [0.15, 0.2) is 11.0 Å². The van der Waals surface area contributed by atoms with Crippen molar-refractivity contribution in [3.05, 3.63) is 102 Å². The number of hydrogen-bond acceptors (Lipinski definition) is 4. The van der Waals surface area contributed by atoms with Crippen LogP contribution >= 0.6 is 23.4 Å². The maximum absolute atomic E-state index is 6.15.